The van der Waals surface area contributed by atoms with Gasteiger partial charge in [0.2, 0.25) is 0 Å². The smallest absolute Gasteiger partial charge is 0.410 e. The zero-order valence-corrected chi connectivity index (χ0v) is 24.5. The Kier molecular flexibility index (Phi) is 10.2. The zero-order chi connectivity index (χ0) is 27.1. The molecule has 0 aromatic heterocycles. The minimum Gasteiger partial charge on any atom is -0.497 e. The second-order valence-electron chi connectivity index (χ2n) is 11.3. The van der Waals surface area contributed by atoms with Crippen LogP contribution in [-0.2, 0) is 27.1 Å². The number of amides is 1. The van der Waals surface area contributed by atoms with E-state index in [1.165, 1.54) is 0 Å². The predicted octanol–water partition coefficient (Wildman–Crippen LogP) is 5.60. The van der Waals surface area contributed by atoms with Crippen molar-refractivity contribution in [3.63, 3.8) is 0 Å². The average molecular weight is 529 g/mol. The van der Waals surface area contributed by atoms with Gasteiger partial charge in [-0.3, -0.25) is 4.90 Å². The number of methoxy groups -OCH3 is 2. The van der Waals surface area contributed by atoms with E-state index in [9.17, 15) is 4.79 Å². The first-order valence-corrected chi connectivity index (χ1v) is 15.9. The monoisotopic (exact) mass is 528 g/mol. The first-order valence-electron chi connectivity index (χ1n) is 13.0. The molecule has 3 rings (SSSR count). The molecule has 0 bridgehead atoms. The normalized spacial score (nSPS) is 20.2. The van der Waals surface area contributed by atoms with Crippen molar-refractivity contribution in [2.75, 3.05) is 27.4 Å². The Morgan fingerprint density at radius 1 is 1.00 bits per heavy atom. The summed E-state index contributed by atoms with van der Waals surface area (Å²) >= 11 is 0. The quantitative estimate of drug-likeness (QED) is 0.383. The number of hydrogen-bond acceptors (Lipinski definition) is 6. The molecule has 7 nitrogen and oxygen atoms in total. The second kappa shape index (κ2) is 12.9. The Labute approximate surface area is 223 Å². The number of hydrogen-bond donors (Lipinski definition) is 1. The number of likely N-dealkylation sites (tertiary alicyclic amines) is 1. The summed E-state index contributed by atoms with van der Waals surface area (Å²) in [5, 5.41) is 3.77. The van der Waals surface area contributed by atoms with Gasteiger partial charge in [0.15, 0.2) is 8.32 Å². The Balaban J connectivity index is 1.79. The van der Waals surface area contributed by atoms with Crippen LogP contribution in [0.2, 0.25) is 18.1 Å². The summed E-state index contributed by atoms with van der Waals surface area (Å²) < 4.78 is 23.3. The van der Waals surface area contributed by atoms with Gasteiger partial charge in [0.25, 0.3) is 0 Å². The highest BCUT2D eigenvalue weighted by molar-refractivity contribution is 6.74. The van der Waals surface area contributed by atoms with E-state index in [2.05, 4.69) is 51.3 Å². The van der Waals surface area contributed by atoms with Crippen LogP contribution in [0.4, 0.5) is 4.79 Å². The summed E-state index contributed by atoms with van der Waals surface area (Å²) in [6.07, 6.45) is 0.430. The van der Waals surface area contributed by atoms with Gasteiger partial charge < -0.3 is 24.0 Å². The molecule has 0 saturated carbocycles. The largest absolute Gasteiger partial charge is 0.497 e. The lowest BCUT2D eigenvalue weighted by atomic mass is 10.1. The fraction of sp³-hybridized carbons (Fsp3) is 0.552. The number of carbonyl (C=O) groups excluding carboxylic acids is 1. The molecule has 3 atom stereocenters. The molecule has 1 heterocycles. The number of benzene rings is 2. The molecule has 8 heteroatoms. The zero-order valence-electron chi connectivity index (χ0n) is 23.5. The molecule has 1 fully saturated rings. The molecule has 2 aromatic carbocycles. The average Bonchev–Trinajstić information content (AvgIpc) is 3.22. The van der Waals surface area contributed by atoms with E-state index >= 15 is 0 Å². The molecule has 204 valence electrons. The summed E-state index contributed by atoms with van der Waals surface area (Å²) in [4.78, 5) is 15.3. The van der Waals surface area contributed by atoms with Crippen LogP contribution in [0, 0.1) is 0 Å². The van der Waals surface area contributed by atoms with Crippen molar-refractivity contribution in [2.45, 2.75) is 76.6 Å². The topological polar surface area (TPSA) is 69.3 Å². The van der Waals surface area contributed by atoms with Gasteiger partial charge in [-0.25, -0.2) is 4.79 Å². The van der Waals surface area contributed by atoms with Crippen LogP contribution in [0.5, 0.6) is 5.75 Å². The molecule has 1 aliphatic rings. The van der Waals surface area contributed by atoms with E-state index in [0.717, 1.165) is 23.3 Å². The number of carbonyl (C=O) groups is 1. The second-order valence-corrected chi connectivity index (χ2v) is 16.1. The number of nitrogens with one attached hydrogen (secondary N) is 1. The molecule has 1 amide bonds. The van der Waals surface area contributed by atoms with Crippen LogP contribution < -0.4 is 10.1 Å². The van der Waals surface area contributed by atoms with Crippen LogP contribution in [0.3, 0.4) is 0 Å². The maximum absolute atomic E-state index is 13.5. The molecule has 1 N–H and O–H groups in total. The highest BCUT2D eigenvalue weighted by atomic mass is 28.4. The van der Waals surface area contributed by atoms with E-state index in [1.807, 2.05) is 47.4 Å². The highest BCUT2D eigenvalue weighted by Crippen LogP contribution is 2.37. The maximum atomic E-state index is 13.5. The van der Waals surface area contributed by atoms with Crippen LogP contribution in [-0.4, -0.2) is 64.9 Å². The van der Waals surface area contributed by atoms with Crippen LogP contribution in [0.25, 0.3) is 0 Å². The van der Waals surface area contributed by atoms with Gasteiger partial charge in [-0.15, -0.1) is 0 Å². The fourth-order valence-electron chi connectivity index (χ4n) is 4.37. The number of rotatable bonds is 11. The van der Waals surface area contributed by atoms with Crippen molar-refractivity contribution in [1.82, 2.24) is 10.2 Å². The lowest BCUT2D eigenvalue weighted by Crippen LogP contribution is -2.52. The highest BCUT2D eigenvalue weighted by Gasteiger charge is 2.46. The van der Waals surface area contributed by atoms with Gasteiger partial charge in [0, 0.05) is 19.7 Å². The SMILES string of the molecule is COC[C@@H]1C[C@H](NCc2ccc(OC)cc2)[C@H](CO[Si](C)(C)C(C)(C)C)N1C(=O)OCc1ccccc1. The Hall–Kier alpha value is -2.39. The van der Waals surface area contributed by atoms with E-state index < -0.39 is 8.32 Å². The van der Waals surface area contributed by atoms with E-state index in [1.54, 1.807) is 14.2 Å². The first-order chi connectivity index (χ1) is 17.6. The third kappa shape index (κ3) is 7.80. The van der Waals surface area contributed by atoms with E-state index in [-0.39, 0.29) is 35.9 Å². The molecule has 1 aliphatic heterocycles. The molecule has 2 aromatic rings. The van der Waals surface area contributed by atoms with Crippen LogP contribution in [0.15, 0.2) is 54.6 Å². The van der Waals surface area contributed by atoms with E-state index in [0.29, 0.717) is 19.8 Å². The third-order valence-corrected chi connectivity index (χ3v) is 12.2. The van der Waals surface area contributed by atoms with Crippen molar-refractivity contribution in [3.8, 4) is 5.75 Å². The molecule has 0 spiro atoms. The molecule has 0 aliphatic carbocycles. The summed E-state index contributed by atoms with van der Waals surface area (Å²) in [5.41, 5.74) is 2.11. The molecule has 1 saturated heterocycles. The molecule has 0 unspecified atom stereocenters. The molecular formula is C29H44N2O5Si. The Morgan fingerprint density at radius 3 is 2.27 bits per heavy atom. The Morgan fingerprint density at radius 2 is 1.68 bits per heavy atom. The summed E-state index contributed by atoms with van der Waals surface area (Å²) in [6.45, 7) is 13.0. The first kappa shape index (κ1) is 29.2. The van der Waals surface area contributed by atoms with Gasteiger partial charge in [-0.1, -0.05) is 63.2 Å². The van der Waals surface area contributed by atoms with Crippen molar-refractivity contribution < 1.29 is 23.4 Å². The van der Waals surface area contributed by atoms with Gasteiger partial charge in [-0.2, -0.15) is 0 Å². The standard InChI is InChI=1S/C29H44N2O5Si/c1-29(2,3)37(6,7)36-21-27-26(30-18-22-13-15-25(34-5)16-14-22)17-24(20-33-4)31(27)28(32)35-19-23-11-9-8-10-12-23/h8-16,24,26-27,30H,17-21H2,1-7H3/t24-,26-,27-/m0/s1. The summed E-state index contributed by atoms with van der Waals surface area (Å²) in [5.74, 6) is 0.831. The van der Waals surface area contributed by atoms with Gasteiger partial charge in [-0.05, 0) is 47.8 Å². The lowest BCUT2D eigenvalue weighted by molar-refractivity contribution is 0.0443. The lowest BCUT2D eigenvalue weighted by Gasteiger charge is -2.39. The minimum absolute atomic E-state index is 0.0382. The number of ether oxygens (including phenoxy) is 3. The van der Waals surface area contributed by atoms with Crippen molar-refractivity contribution in [3.05, 3.63) is 65.7 Å². The Bertz CT molecular complexity index is 978. The van der Waals surface area contributed by atoms with Crippen LogP contribution >= 0.6 is 0 Å². The summed E-state index contributed by atoms with van der Waals surface area (Å²) in [7, 11) is 1.31. The summed E-state index contributed by atoms with van der Waals surface area (Å²) in [6, 6.07) is 17.6. The maximum Gasteiger partial charge on any atom is 0.410 e. The van der Waals surface area contributed by atoms with Crippen molar-refractivity contribution in [2.24, 2.45) is 0 Å². The van der Waals surface area contributed by atoms with Gasteiger partial charge in [0.05, 0.1) is 32.4 Å². The van der Waals surface area contributed by atoms with Gasteiger partial charge in [0.1, 0.15) is 12.4 Å². The minimum atomic E-state index is -2.03. The molecule has 37 heavy (non-hydrogen) atoms. The molecular weight excluding hydrogens is 484 g/mol. The predicted molar refractivity (Wildman–Crippen MR) is 149 cm³/mol. The fourth-order valence-corrected chi connectivity index (χ4v) is 5.39. The third-order valence-electron chi connectivity index (χ3n) is 7.66. The van der Waals surface area contributed by atoms with Crippen LogP contribution in [0.1, 0.15) is 38.3 Å². The molecule has 0 radical (unpaired) electrons. The van der Waals surface area contributed by atoms with Gasteiger partial charge >= 0.3 is 6.09 Å². The van der Waals surface area contributed by atoms with Crippen molar-refractivity contribution in [1.29, 1.82) is 0 Å². The van der Waals surface area contributed by atoms with Crippen molar-refractivity contribution >= 4 is 14.4 Å². The number of nitrogens with zero attached hydrogens (tertiary/aromatic N) is 1. The van der Waals surface area contributed by atoms with E-state index in [4.69, 9.17) is 18.6 Å².